The summed E-state index contributed by atoms with van der Waals surface area (Å²) in [6.45, 7) is 3.83. The average Bonchev–Trinajstić information content (AvgIpc) is 3.66. The Labute approximate surface area is 291 Å². The third-order valence-electron chi connectivity index (χ3n) is 10.7. The number of amides is 2. The minimum absolute atomic E-state index is 0.0209. The number of ether oxygens (including phenoxy) is 3. The van der Waals surface area contributed by atoms with E-state index >= 15 is 4.79 Å². The van der Waals surface area contributed by atoms with Gasteiger partial charge >= 0.3 is 0 Å². The minimum Gasteiger partial charge on any atom is -0.493 e. The zero-order chi connectivity index (χ0) is 34.2. The van der Waals surface area contributed by atoms with Crippen molar-refractivity contribution in [2.45, 2.75) is 43.1 Å². The molecule has 4 aromatic carbocycles. The Morgan fingerprint density at radius 2 is 1.62 bits per heavy atom. The number of halogens is 2. The van der Waals surface area contributed by atoms with E-state index in [1.807, 2.05) is 53.4 Å². The molecule has 0 bridgehead atoms. The number of hydrogen-bond donors (Lipinski definition) is 2. The summed E-state index contributed by atoms with van der Waals surface area (Å²) in [5, 5.41) is 6.37. The van der Waals surface area contributed by atoms with E-state index in [0.29, 0.717) is 52.2 Å². The van der Waals surface area contributed by atoms with Crippen molar-refractivity contribution in [1.82, 2.24) is 10.2 Å². The molecule has 0 aliphatic carbocycles. The highest BCUT2D eigenvalue weighted by Gasteiger charge is 2.64. The number of nitrogens with zero attached hydrogens (tertiary/aromatic N) is 1. The van der Waals surface area contributed by atoms with E-state index in [1.54, 1.807) is 18.2 Å². The van der Waals surface area contributed by atoms with Crippen molar-refractivity contribution >= 4 is 45.8 Å². The van der Waals surface area contributed by atoms with Crippen molar-refractivity contribution in [3.05, 3.63) is 99.5 Å². The van der Waals surface area contributed by atoms with E-state index in [0.717, 1.165) is 34.9 Å². The van der Waals surface area contributed by atoms with Crippen molar-refractivity contribution in [2.75, 3.05) is 41.0 Å². The Hall–Kier alpha value is -3.98. The third-order valence-corrected chi connectivity index (χ3v) is 11.4. The van der Waals surface area contributed by atoms with Gasteiger partial charge in [-0.05, 0) is 77.9 Å². The van der Waals surface area contributed by atoms with Crippen LogP contribution >= 0.6 is 23.2 Å². The number of benzene rings is 4. The van der Waals surface area contributed by atoms with Gasteiger partial charge in [-0.2, -0.15) is 0 Å². The van der Waals surface area contributed by atoms with Crippen LogP contribution in [0, 0.1) is 5.92 Å². The molecule has 4 aromatic rings. The molecule has 0 saturated carbocycles. The normalized spacial score (nSPS) is 24.0. The maximum Gasteiger partial charge on any atom is 0.254 e. The predicted octanol–water partition coefficient (Wildman–Crippen LogP) is 6.98. The van der Waals surface area contributed by atoms with Crippen LogP contribution in [0.25, 0.3) is 10.8 Å². The molecule has 252 valence electrons. The number of nitrogens with two attached hydrogens (primary N) is 1. The van der Waals surface area contributed by atoms with Gasteiger partial charge in [-0.25, -0.2) is 0 Å². The number of carbonyl (C=O) groups is 2. The Morgan fingerprint density at radius 1 is 0.917 bits per heavy atom. The highest BCUT2D eigenvalue weighted by Crippen LogP contribution is 2.59. The number of primary amides is 1. The van der Waals surface area contributed by atoms with Crippen LogP contribution in [-0.2, 0) is 10.2 Å². The number of piperidine rings is 1. The molecule has 3 N–H and O–H groups in total. The van der Waals surface area contributed by atoms with Crippen LogP contribution in [-0.4, -0.2) is 63.2 Å². The van der Waals surface area contributed by atoms with E-state index in [2.05, 4.69) is 18.3 Å². The molecule has 4 unspecified atom stereocenters. The number of nitrogens with one attached hydrogen (secondary N) is 1. The molecule has 2 amide bonds. The molecule has 2 aliphatic rings. The molecule has 4 atom stereocenters. The topological polar surface area (TPSA) is 103 Å². The Kier molecular flexibility index (Phi) is 9.53. The van der Waals surface area contributed by atoms with Crippen molar-refractivity contribution in [3.8, 4) is 17.2 Å². The van der Waals surface area contributed by atoms with Gasteiger partial charge in [-0.1, -0.05) is 78.7 Å². The van der Waals surface area contributed by atoms with Crippen molar-refractivity contribution < 1.29 is 23.8 Å². The summed E-state index contributed by atoms with van der Waals surface area (Å²) < 4.78 is 16.8. The monoisotopic (exact) mass is 689 g/mol. The van der Waals surface area contributed by atoms with Crippen molar-refractivity contribution in [2.24, 2.45) is 11.7 Å². The van der Waals surface area contributed by atoms with Crippen LogP contribution in [0.1, 0.15) is 53.6 Å². The Balaban J connectivity index is 1.65. The lowest BCUT2D eigenvalue weighted by atomic mass is 9.51. The fourth-order valence-electron chi connectivity index (χ4n) is 8.55. The quantitative estimate of drug-likeness (QED) is 0.197. The summed E-state index contributed by atoms with van der Waals surface area (Å²) in [5.74, 6) is -0.0895. The van der Waals surface area contributed by atoms with E-state index in [1.165, 1.54) is 21.3 Å². The number of fused-ring (bicyclic) bond motifs is 1. The summed E-state index contributed by atoms with van der Waals surface area (Å²) in [6, 6.07) is 23.1. The molecule has 10 heteroatoms. The zero-order valence-electron chi connectivity index (χ0n) is 27.6. The molecular weight excluding hydrogens is 649 g/mol. The van der Waals surface area contributed by atoms with Gasteiger partial charge in [0.2, 0.25) is 11.7 Å². The van der Waals surface area contributed by atoms with Gasteiger partial charge in [0.25, 0.3) is 5.91 Å². The number of rotatable bonds is 9. The smallest absolute Gasteiger partial charge is 0.254 e. The SMILES string of the molecule is CCC1(C2CCNC2)C(c2ccc(Cl)c(Cl)c2)C(C(N)=O)(c2ccc3ccccc3c2)CCN1C(=O)c1cc(OC)c(OC)c(OC)c1. The van der Waals surface area contributed by atoms with Crippen LogP contribution in [0.5, 0.6) is 17.2 Å². The first-order valence-corrected chi connectivity index (χ1v) is 17.0. The molecule has 0 spiro atoms. The second-order valence-corrected chi connectivity index (χ2v) is 13.5. The molecule has 2 fully saturated rings. The van der Waals surface area contributed by atoms with Crippen LogP contribution in [0.3, 0.4) is 0 Å². The molecule has 6 rings (SSSR count). The molecular formula is C38H41Cl2N3O5. The van der Waals surface area contributed by atoms with Crippen molar-refractivity contribution in [1.29, 1.82) is 0 Å². The molecule has 2 saturated heterocycles. The largest absolute Gasteiger partial charge is 0.493 e. The standard InChI is InChI=1S/C38H41Cl2N3O5/c1-5-38(28-14-16-42-22-28)34(25-11-13-29(39)30(40)19-25)37(36(41)45,27-12-10-23-8-6-7-9-24(23)18-27)15-17-43(38)35(44)26-20-31(46-2)33(48-4)32(21-26)47-3/h6-13,18-21,28,34,42H,5,14-17,22H2,1-4H3,(H2,41,45). The van der Waals surface area contributed by atoms with Gasteiger partial charge in [-0.15, -0.1) is 0 Å². The lowest BCUT2D eigenvalue weighted by molar-refractivity contribution is -0.131. The lowest BCUT2D eigenvalue weighted by Gasteiger charge is -2.61. The Morgan fingerprint density at radius 3 is 2.21 bits per heavy atom. The summed E-state index contributed by atoms with van der Waals surface area (Å²) in [4.78, 5) is 31.4. The summed E-state index contributed by atoms with van der Waals surface area (Å²) in [7, 11) is 4.58. The van der Waals surface area contributed by atoms with Gasteiger partial charge in [0.15, 0.2) is 11.5 Å². The van der Waals surface area contributed by atoms with Crippen LogP contribution < -0.4 is 25.3 Å². The number of methoxy groups -OCH3 is 3. The fourth-order valence-corrected chi connectivity index (χ4v) is 8.85. The number of likely N-dealkylation sites (tertiary alicyclic amines) is 1. The minimum atomic E-state index is -1.19. The van der Waals surface area contributed by atoms with Crippen LogP contribution in [0.15, 0.2) is 72.8 Å². The Bertz CT molecular complexity index is 1840. The molecule has 48 heavy (non-hydrogen) atoms. The second kappa shape index (κ2) is 13.5. The zero-order valence-corrected chi connectivity index (χ0v) is 29.2. The van der Waals surface area contributed by atoms with Gasteiger partial charge in [-0.3, -0.25) is 9.59 Å². The van der Waals surface area contributed by atoms with Crippen LogP contribution in [0.4, 0.5) is 0 Å². The first-order valence-electron chi connectivity index (χ1n) is 16.2. The highest BCUT2D eigenvalue weighted by molar-refractivity contribution is 6.42. The predicted molar refractivity (Wildman–Crippen MR) is 190 cm³/mol. The summed E-state index contributed by atoms with van der Waals surface area (Å²) in [5.41, 5.74) is 6.56. The number of hydrogen-bond acceptors (Lipinski definition) is 6. The van der Waals surface area contributed by atoms with Gasteiger partial charge < -0.3 is 30.2 Å². The van der Waals surface area contributed by atoms with E-state index in [-0.39, 0.29) is 18.4 Å². The van der Waals surface area contributed by atoms with Crippen LogP contribution in [0.2, 0.25) is 10.0 Å². The fraction of sp³-hybridized carbons (Fsp3) is 0.368. The molecule has 8 nitrogen and oxygen atoms in total. The van der Waals surface area contributed by atoms with E-state index in [4.69, 9.17) is 43.1 Å². The van der Waals surface area contributed by atoms with Gasteiger partial charge in [0, 0.05) is 24.6 Å². The van der Waals surface area contributed by atoms with E-state index < -0.39 is 22.8 Å². The first kappa shape index (κ1) is 33.9. The highest BCUT2D eigenvalue weighted by atomic mass is 35.5. The summed E-state index contributed by atoms with van der Waals surface area (Å²) in [6.07, 6.45) is 1.64. The van der Waals surface area contributed by atoms with Crippen molar-refractivity contribution in [3.63, 3.8) is 0 Å². The van der Waals surface area contributed by atoms with E-state index in [9.17, 15) is 4.79 Å². The third kappa shape index (κ3) is 5.34. The second-order valence-electron chi connectivity index (χ2n) is 12.7. The molecule has 2 aliphatic heterocycles. The van der Waals surface area contributed by atoms with Gasteiger partial charge in [0.1, 0.15) is 0 Å². The van der Waals surface area contributed by atoms with Gasteiger partial charge in [0.05, 0.1) is 42.3 Å². The molecule has 0 aromatic heterocycles. The maximum atomic E-state index is 15.0. The first-order chi connectivity index (χ1) is 23.2. The average molecular weight is 691 g/mol. The number of carbonyl (C=O) groups excluding carboxylic acids is 2. The summed E-state index contributed by atoms with van der Waals surface area (Å²) >= 11 is 13.2. The maximum absolute atomic E-state index is 15.0. The molecule has 2 heterocycles. The lowest BCUT2D eigenvalue weighted by Crippen LogP contribution is -2.70. The molecule has 0 radical (unpaired) electrons.